The molecule has 3 N–H and O–H groups in total. The lowest BCUT2D eigenvalue weighted by Crippen LogP contribution is -2.37. The van der Waals surface area contributed by atoms with Gasteiger partial charge < -0.3 is 11.1 Å². The highest BCUT2D eigenvalue weighted by Crippen LogP contribution is 2.22. The van der Waals surface area contributed by atoms with Crippen molar-refractivity contribution < 1.29 is 4.39 Å². The number of nitrogens with two attached hydrogens (primary N) is 1. The van der Waals surface area contributed by atoms with Gasteiger partial charge >= 0.3 is 0 Å². The monoisotopic (exact) mass is 240 g/mol. The van der Waals surface area contributed by atoms with Crippen molar-refractivity contribution in [1.82, 2.24) is 9.97 Å². The van der Waals surface area contributed by atoms with E-state index in [-0.39, 0.29) is 17.2 Å². The lowest BCUT2D eigenvalue weighted by atomic mass is 9.94. The molecule has 0 fully saturated rings. The molecule has 0 aromatic carbocycles. The Kier molecular flexibility index (Phi) is 4.81. The van der Waals surface area contributed by atoms with E-state index in [1.54, 1.807) is 0 Å². The maximum atomic E-state index is 14.0. The van der Waals surface area contributed by atoms with Gasteiger partial charge in [-0.05, 0) is 32.7 Å². The second-order valence-electron chi connectivity index (χ2n) is 4.41. The average Bonchev–Trinajstić information content (AvgIpc) is 2.32. The van der Waals surface area contributed by atoms with Gasteiger partial charge in [0.05, 0.1) is 5.69 Å². The number of halogens is 1. The summed E-state index contributed by atoms with van der Waals surface area (Å²) in [6, 6.07) is 0. The van der Waals surface area contributed by atoms with Crippen molar-refractivity contribution >= 4 is 5.82 Å². The van der Waals surface area contributed by atoms with Crippen LogP contribution in [0.5, 0.6) is 0 Å². The van der Waals surface area contributed by atoms with Crippen LogP contribution in [0, 0.1) is 5.82 Å². The fourth-order valence-electron chi connectivity index (χ4n) is 1.67. The largest absolute Gasteiger partial charge is 0.362 e. The van der Waals surface area contributed by atoms with Crippen LogP contribution in [0.15, 0.2) is 6.33 Å². The Hall–Kier alpha value is -1.23. The van der Waals surface area contributed by atoms with Crippen LogP contribution in [0.25, 0.3) is 0 Å². The minimum atomic E-state index is -0.355. The van der Waals surface area contributed by atoms with Crippen molar-refractivity contribution in [2.45, 2.75) is 45.6 Å². The summed E-state index contributed by atoms with van der Waals surface area (Å²) in [5, 5.41) is 3.14. The summed E-state index contributed by atoms with van der Waals surface area (Å²) in [6.45, 7) is 6.49. The van der Waals surface area contributed by atoms with Crippen molar-refractivity contribution in [3.63, 3.8) is 0 Å². The molecule has 0 radical (unpaired) electrons. The van der Waals surface area contributed by atoms with Gasteiger partial charge in [0, 0.05) is 5.54 Å². The Balaban J connectivity index is 2.93. The molecule has 0 aliphatic rings. The van der Waals surface area contributed by atoms with Gasteiger partial charge in [0.1, 0.15) is 6.33 Å². The van der Waals surface area contributed by atoms with Crippen LogP contribution in [0.4, 0.5) is 10.2 Å². The first-order valence-corrected chi connectivity index (χ1v) is 6.04. The molecule has 1 rings (SSSR count). The van der Waals surface area contributed by atoms with Crippen LogP contribution in [0.3, 0.4) is 0 Å². The summed E-state index contributed by atoms with van der Waals surface area (Å²) < 4.78 is 14.0. The molecule has 5 heteroatoms. The molecule has 0 spiro atoms. The zero-order chi connectivity index (χ0) is 12.9. The maximum Gasteiger partial charge on any atom is 0.186 e. The first kappa shape index (κ1) is 13.8. The van der Waals surface area contributed by atoms with Gasteiger partial charge in [-0.1, -0.05) is 13.8 Å². The van der Waals surface area contributed by atoms with E-state index in [0.717, 1.165) is 12.8 Å². The van der Waals surface area contributed by atoms with Crippen LogP contribution >= 0.6 is 0 Å². The van der Waals surface area contributed by atoms with E-state index in [0.29, 0.717) is 18.7 Å². The van der Waals surface area contributed by atoms with Crippen molar-refractivity contribution in [3.8, 4) is 0 Å². The molecule has 0 amide bonds. The third kappa shape index (κ3) is 3.36. The predicted octanol–water partition coefficient (Wildman–Crippen LogP) is 2.11. The quantitative estimate of drug-likeness (QED) is 0.799. The number of anilines is 1. The van der Waals surface area contributed by atoms with Crippen molar-refractivity contribution in [2.24, 2.45) is 5.73 Å². The summed E-state index contributed by atoms with van der Waals surface area (Å²) in [6.07, 6.45) is 3.58. The molecule has 1 aromatic rings. The van der Waals surface area contributed by atoms with Crippen LogP contribution in [-0.2, 0) is 6.42 Å². The van der Waals surface area contributed by atoms with Gasteiger partial charge in [0.25, 0.3) is 0 Å². The first-order valence-electron chi connectivity index (χ1n) is 6.04. The number of aryl methyl sites for hydroxylation is 1. The molecular formula is C12H21FN4. The molecule has 0 bridgehead atoms. The minimum Gasteiger partial charge on any atom is -0.362 e. The fourth-order valence-corrected chi connectivity index (χ4v) is 1.67. The minimum absolute atomic E-state index is 0.227. The van der Waals surface area contributed by atoms with E-state index in [1.807, 2.05) is 20.8 Å². The smallest absolute Gasteiger partial charge is 0.186 e. The molecule has 0 saturated heterocycles. The highest BCUT2D eigenvalue weighted by Gasteiger charge is 2.23. The molecule has 1 atom stereocenters. The van der Waals surface area contributed by atoms with Gasteiger partial charge in [0.2, 0.25) is 0 Å². The number of hydrogen-bond acceptors (Lipinski definition) is 4. The number of nitrogens with zero attached hydrogens (tertiary/aromatic N) is 2. The number of hydrogen-bond donors (Lipinski definition) is 2. The lowest BCUT2D eigenvalue weighted by Gasteiger charge is -2.30. The lowest BCUT2D eigenvalue weighted by molar-refractivity contribution is 0.456. The molecule has 1 unspecified atom stereocenters. The Labute approximate surface area is 102 Å². The predicted molar refractivity (Wildman–Crippen MR) is 67.4 cm³/mol. The molecular weight excluding hydrogens is 219 g/mol. The van der Waals surface area contributed by atoms with Crippen molar-refractivity contribution in [1.29, 1.82) is 0 Å². The standard InChI is InChI=1S/C12H21FN4/c1-4-9-10(13)11(16-8-15-9)17-12(3,5-2)6-7-14/h8H,4-7,14H2,1-3H3,(H,15,16,17). The Bertz CT molecular complexity index is 370. The number of nitrogens with one attached hydrogen (secondary N) is 1. The van der Waals surface area contributed by atoms with Gasteiger partial charge in [0.15, 0.2) is 11.6 Å². The van der Waals surface area contributed by atoms with E-state index in [2.05, 4.69) is 15.3 Å². The maximum absolute atomic E-state index is 14.0. The Morgan fingerprint density at radius 3 is 2.65 bits per heavy atom. The van der Waals surface area contributed by atoms with Gasteiger partial charge in [-0.2, -0.15) is 0 Å². The second-order valence-corrected chi connectivity index (χ2v) is 4.41. The fraction of sp³-hybridized carbons (Fsp3) is 0.667. The van der Waals surface area contributed by atoms with Crippen molar-refractivity contribution in [3.05, 3.63) is 17.8 Å². The van der Waals surface area contributed by atoms with E-state index in [4.69, 9.17) is 5.73 Å². The SMILES string of the molecule is CCc1ncnc(NC(C)(CC)CCN)c1F. The molecule has 4 nitrogen and oxygen atoms in total. The van der Waals surface area contributed by atoms with E-state index in [1.165, 1.54) is 6.33 Å². The first-order chi connectivity index (χ1) is 8.06. The van der Waals surface area contributed by atoms with Crippen LogP contribution in [-0.4, -0.2) is 22.1 Å². The highest BCUT2D eigenvalue weighted by atomic mass is 19.1. The summed E-state index contributed by atoms with van der Waals surface area (Å²) in [5.41, 5.74) is 5.78. The Morgan fingerprint density at radius 2 is 2.12 bits per heavy atom. The summed E-state index contributed by atoms with van der Waals surface area (Å²) in [7, 11) is 0. The summed E-state index contributed by atoms with van der Waals surface area (Å²) in [4.78, 5) is 7.87. The molecule has 0 aliphatic carbocycles. The van der Waals surface area contributed by atoms with E-state index >= 15 is 0 Å². The normalized spacial score (nSPS) is 14.4. The zero-order valence-electron chi connectivity index (χ0n) is 10.8. The van der Waals surface area contributed by atoms with Gasteiger partial charge in [-0.15, -0.1) is 0 Å². The topological polar surface area (TPSA) is 63.8 Å². The number of aromatic nitrogens is 2. The molecule has 1 heterocycles. The third-order valence-corrected chi connectivity index (χ3v) is 3.09. The third-order valence-electron chi connectivity index (χ3n) is 3.09. The molecule has 96 valence electrons. The highest BCUT2D eigenvalue weighted by molar-refractivity contribution is 5.40. The van der Waals surface area contributed by atoms with Crippen LogP contribution in [0.1, 0.15) is 39.3 Å². The van der Waals surface area contributed by atoms with E-state index in [9.17, 15) is 4.39 Å². The molecule has 1 aromatic heterocycles. The second kappa shape index (κ2) is 5.91. The molecule has 0 saturated carbocycles. The molecule has 0 aliphatic heterocycles. The Morgan fingerprint density at radius 1 is 1.41 bits per heavy atom. The zero-order valence-corrected chi connectivity index (χ0v) is 10.8. The number of rotatable bonds is 6. The van der Waals surface area contributed by atoms with Gasteiger partial charge in [-0.3, -0.25) is 0 Å². The summed E-state index contributed by atoms with van der Waals surface area (Å²) in [5.74, 6) is -0.0821. The average molecular weight is 240 g/mol. The van der Waals surface area contributed by atoms with E-state index < -0.39 is 0 Å². The van der Waals surface area contributed by atoms with Crippen LogP contribution in [0.2, 0.25) is 0 Å². The summed E-state index contributed by atoms with van der Waals surface area (Å²) >= 11 is 0. The van der Waals surface area contributed by atoms with Crippen LogP contribution < -0.4 is 11.1 Å². The van der Waals surface area contributed by atoms with Crippen molar-refractivity contribution in [2.75, 3.05) is 11.9 Å². The molecule has 17 heavy (non-hydrogen) atoms. The van der Waals surface area contributed by atoms with Gasteiger partial charge in [-0.25, -0.2) is 14.4 Å².